The molecule has 1 saturated heterocycles. The van der Waals surface area contributed by atoms with Crippen molar-refractivity contribution < 1.29 is 8.42 Å². The summed E-state index contributed by atoms with van der Waals surface area (Å²) in [5, 5.41) is 0. The van der Waals surface area contributed by atoms with E-state index in [1.54, 1.807) is 6.07 Å². The normalized spacial score (nSPS) is 15.7. The van der Waals surface area contributed by atoms with Crippen LogP contribution in [-0.2, 0) is 16.6 Å². The van der Waals surface area contributed by atoms with Crippen molar-refractivity contribution in [1.82, 2.24) is 14.7 Å². The molecule has 0 atom stereocenters. The van der Waals surface area contributed by atoms with Gasteiger partial charge in [-0.3, -0.25) is 0 Å². The minimum Gasteiger partial charge on any atom is -0.357 e. The summed E-state index contributed by atoms with van der Waals surface area (Å²) in [6.45, 7) is 3.91. The van der Waals surface area contributed by atoms with Crippen molar-refractivity contribution in [3.63, 3.8) is 0 Å². The molecule has 6 nitrogen and oxygen atoms in total. The molecule has 1 aliphatic heterocycles. The molecule has 0 bridgehead atoms. The molecule has 0 unspecified atom stereocenters. The number of nitrogens with zero attached hydrogens (tertiary/aromatic N) is 3. The van der Waals surface area contributed by atoms with Crippen LogP contribution in [0.15, 0.2) is 22.4 Å². The number of aromatic nitrogens is 2. The lowest BCUT2D eigenvalue weighted by Crippen LogP contribution is -2.31. The topological polar surface area (TPSA) is 75.2 Å². The minimum absolute atomic E-state index is 0.0559. The third-order valence-electron chi connectivity index (χ3n) is 3.80. The first-order valence-corrected chi connectivity index (χ1v) is 10.5. The van der Waals surface area contributed by atoms with Gasteiger partial charge in [0.05, 0.1) is 10.9 Å². The molecule has 1 aliphatic rings. The van der Waals surface area contributed by atoms with Crippen molar-refractivity contribution in [2.75, 3.05) is 18.0 Å². The smallest absolute Gasteiger partial charge is 0.250 e. The highest BCUT2D eigenvalue weighted by Crippen LogP contribution is 2.25. The van der Waals surface area contributed by atoms with Crippen molar-refractivity contribution in [2.45, 2.75) is 36.9 Å². The SMILES string of the molecule is Cc1cc(N2CCCCC2)nc(CNS(=O)(=O)c2ccc(Cl)s2)n1. The number of nitrogens with one attached hydrogen (secondary N) is 1. The fourth-order valence-corrected chi connectivity index (χ4v) is 5.16. The van der Waals surface area contributed by atoms with Crippen molar-refractivity contribution in [3.05, 3.63) is 34.1 Å². The van der Waals surface area contributed by atoms with E-state index >= 15 is 0 Å². The zero-order valence-corrected chi connectivity index (χ0v) is 15.7. The summed E-state index contributed by atoms with van der Waals surface area (Å²) in [5.41, 5.74) is 0.832. The van der Waals surface area contributed by atoms with Gasteiger partial charge in [0.25, 0.3) is 10.0 Å². The van der Waals surface area contributed by atoms with E-state index in [0.717, 1.165) is 48.8 Å². The van der Waals surface area contributed by atoms with E-state index in [2.05, 4.69) is 19.6 Å². The Hall–Kier alpha value is -1.22. The lowest BCUT2D eigenvalue weighted by atomic mass is 10.1. The number of sulfonamides is 1. The molecule has 2 aromatic heterocycles. The maximum atomic E-state index is 12.3. The lowest BCUT2D eigenvalue weighted by molar-refractivity contribution is 0.569. The van der Waals surface area contributed by atoms with Crippen LogP contribution in [0, 0.1) is 6.92 Å². The average Bonchev–Trinajstić information content (AvgIpc) is 3.01. The molecule has 0 amide bonds. The molecule has 3 rings (SSSR count). The predicted octanol–water partition coefficient (Wildman–Crippen LogP) is 2.97. The first-order chi connectivity index (χ1) is 11.4. The molecule has 1 fully saturated rings. The number of anilines is 1. The van der Waals surface area contributed by atoms with Crippen molar-refractivity contribution in [3.8, 4) is 0 Å². The van der Waals surface area contributed by atoms with Crippen LogP contribution in [0.2, 0.25) is 4.34 Å². The summed E-state index contributed by atoms with van der Waals surface area (Å²) >= 11 is 6.83. The molecular weight excluding hydrogens is 368 g/mol. The second kappa shape index (κ2) is 7.35. The monoisotopic (exact) mass is 386 g/mol. The Morgan fingerprint density at radius 3 is 2.67 bits per heavy atom. The van der Waals surface area contributed by atoms with E-state index in [1.807, 2.05) is 13.0 Å². The van der Waals surface area contributed by atoms with E-state index in [9.17, 15) is 8.42 Å². The van der Waals surface area contributed by atoms with Crippen LogP contribution in [-0.4, -0.2) is 31.5 Å². The summed E-state index contributed by atoms with van der Waals surface area (Å²) < 4.78 is 27.7. The van der Waals surface area contributed by atoms with Crippen LogP contribution in [0.5, 0.6) is 0 Å². The molecule has 24 heavy (non-hydrogen) atoms. The van der Waals surface area contributed by atoms with E-state index in [4.69, 9.17) is 11.6 Å². The van der Waals surface area contributed by atoms with Gasteiger partial charge in [-0.1, -0.05) is 11.6 Å². The molecule has 0 saturated carbocycles. The highest BCUT2D eigenvalue weighted by Gasteiger charge is 2.18. The summed E-state index contributed by atoms with van der Waals surface area (Å²) in [4.78, 5) is 11.1. The van der Waals surface area contributed by atoms with Crippen LogP contribution < -0.4 is 9.62 Å². The second-order valence-corrected chi connectivity index (χ2v) is 9.42. The largest absolute Gasteiger partial charge is 0.357 e. The van der Waals surface area contributed by atoms with Gasteiger partial charge in [-0.15, -0.1) is 11.3 Å². The van der Waals surface area contributed by atoms with E-state index in [0.29, 0.717) is 10.2 Å². The molecule has 0 radical (unpaired) electrons. The summed E-state index contributed by atoms with van der Waals surface area (Å²) in [6, 6.07) is 5.01. The molecule has 2 aromatic rings. The molecule has 0 aliphatic carbocycles. The number of aryl methyl sites for hydroxylation is 1. The minimum atomic E-state index is -3.60. The molecular formula is C15H19ClN4O2S2. The zero-order valence-electron chi connectivity index (χ0n) is 13.3. The molecule has 0 aromatic carbocycles. The van der Waals surface area contributed by atoms with Crippen LogP contribution >= 0.6 is 22.9 Å². The molecule has 9 heteroatoms. The number of halogens is 1. The Morgan fingerprint density at radius 1 is 1.25 bits per heavy atom. The van der Waals surface area contributed by atoms with Crippen molar-refractivity contribution in [1.29, 1.82) is 0 Å². The van der Waals surface area contributed by atoms with Gasteiger partial charge in [0.2, 0.25) is 0 Å². The second-order valence-electron chi connectivity index (χ2n) is 5.71. The van der Waals surface area contributed by atoms with Crippen molar-refractivity contribution in [2.24, 2.45) is 0 Å². The lowest BCUT2D eigenvalue weighted by Gasteiger charge is -2.28. The van der Waals surface area contributed by atoms with E-state index in [-0.39, 0.29) is 10.8 Å². The van der Waals surface area contributed by atoms with Gasteiger partial charge in [0.15, 0.2) is 0 Å². The third-order valence-corrected chi connectivity index (χ3v) is 6.92. The number of hydrogen-bond acceptors (Lipinski definition) is 6. The Morgan fingerprint density at radius 2 is 2.00 bits per heavy atom. The third kappa shape index (κ3) is 4.24. The Kier molecular flexibility index (Phi) is 5.39. The van der Waals surface area contributed by atoms with Gasteiger partial charge in [-0.25, -0.2) is 23.1 Å². The number of rotatable bonds is 5. The zero-order chi connectivity index (χ0) is 17.2. The Labute approximate surface area is 150 Å². The van der Waals surface area contributed by atoms with Crippen LogP contribution in [0.4, 0.5) is 5.82 Å². The maximum Gasteiger partial charge on any atom is 0.250 e. The summed E-state index contributed by atoms with van der Waals surface area (Å²) in [6.07, 6.45) is 3.56. The quantitative estimate of drug-likeness (QED) is 0.854. The van der Waals surface area contributed by atoms with Gasteiger partial charge in [-0.05, 0) is 38.3 Å². The molecule has 0 spiro atoms. The van der Waals surface area contributed by atoms with Crippen molar-refractivity contribution >= 4 is 38.8 Å². The maximum absolute atomic E-state index is 12.3. The van der Waals surface area contributed by atoms with Crippen LogP contribution in [0.25, 0.3) is 0 Å². The van der Waals surface area contributed by atoms with Gasteiger partial charge < -0.3 is 4.90 Å². The van der Waals surface area contributed by atoms with Gasteiger partial charge in [0, 0.05) is 24.8 Å². The first kappa shape index (κ1) is 17.6. The van der Waals surface area contributed by atoms with Gasteiger partial charge in [0.1, 0.15) is 15.9 Å². The Balaban J connectivity index is 1.74. The van der Waals surface area contributed by atoms with Crippen LogP contribution in [0.1, 0.15) is 30.8 Å². The number of thiophene rings is 1. The molecule has 130 valence electrons. The van der Waals surface area contributed by atoms with E-state index < -0.39 is 10.0 Å². The molecule has 1 N–H and O–H groups in total. The highest BCUT2D eigenvalue weighted by molar-refractivity contribution is 7.91. The fraction of sp³-hybridized carbons (Fsp3) is 0.467. The summed E-state index contributed by atoms with van der Waals surface area (Å²) in [5.74, 6) is 1.34. The first-order valence-electron chi connectivity index (χ1n) is 7.78. The molecule has 3 heterocycles. The van der Waals surface area contributed by atoms with Gasteiger partial charge >= 0.3 is 0 Å². The Bertz CT molecular complexity index is 817. The summed E-state index contributed by atoms with van der Waals surface area (Å²) in [7, 11) is -3.60. The number of hydrogen-bond donors (Lipinski definition) is 1. The van der Waals surface area contributed by atoms with Crippen LogP contribution in [0.3, 0.4) is 0 Å². The predicted molar refractivity (Wildman–Crippen MR) is 96.2 cm³/mol. The standard InChI is InChI=1S/C15H19ClN4O2S2/c1-11-9-14(20-7-3-2-4-8-20)19-13(18-11)10-17-24(21,22)15-6-5-12(16)23-15/h5-6,9,17H,2-4,7-8,10H2,1H3. The highest BCUT2D eigenvalue weighted by atomic mass is 35.5. The van der Waals surface area contributed by atoms with E-state index in [1.165, 1.54) is 12.5 Å². The number of piperidine rings is 1. The fourth-order valence-electron chi connectivity index (χ4n) is 2.65. The average molecular weight is 387 g/mol. The van der Waals surface area contributed by atoms with Gasteiger partial charge in [-0.2, -0.15) is 0 Å².